The second-order valence-corrected chi connectivity index (χ2v) is 4.85. The summed E-state index contributed by atoms with van der Waals surface area (Å²) in [6.07, 6.45) is 0. The normalized spacial score (nSPS) is 11.4. The molecule has 0 amide bonds. The van der Waals surface area contributed by atoms with E-state index < -0.39 is 20.8 Å². The van der Waals surface area contributed by atoms with Crippen LogP contribution in [0.2, 0.25) is 0 Å². The molecule has 0 aromatic heterocycles. The first kappa shape index (κ1) is 15.6. The van der Waals surface area contributed by atoms with E-state index in [-0.39, 0.29) is 0 Å². The van der Waals surface area contributed by atoms with Crippen molar-refractivity contribution in [3.63, 3.8) is 0 Å². The molecule has 0 radical (unpaired) electrons. The van der Waals surface area contributed by atoms with Crippen molar-refractivity contribution in [1.29, 1.82) is 0 Å². The van der Waals surface area contributed by atoms with E-state index in [2.05, 4.69) is 3.63 Å². The van der Waals surface area contributed by atoms with Crippen molar-refractivity contribution in [2.75, 3.05) is 11.5 Å². The van der Waals surface area contributed by atoms with Gasteiger partial charge in [0.05, 0.1) is 0 Å². The fourth-order valence-corrected chi connectivity index (χ4v) is 1.47. The molecule has 9 nitrogen and oxygen atoms in total. The van der Waals surface area contributed by atoms with Crippen molar-refractivity contribution in [3.05, 3.63) is 24.3 Å². The minimum atomic E-state index is -5.12. The fraction of sp³-hybridized carbons (Fsp3) is 0. The highest BCUT2D eigenvalue weighted by atomic mass is 32.3. The second-order valence-electron chi connectivity index (χ2n) is 2.59. The third-order valence-corrected chi connectivity index (χ3v) is 2.48. The zero-order valence-corrected chi connectivity index (χ0v) is 9.85. The van der Waals surface area contributed by atoms with Crippen molar-refractivity contribution < 1.29 is 29.6 Å². The highest BCUT2D eigenvalue weighted by Crippen LogP contribution is 2.04. The van der Waals surface area contributed by atoms with E-state index in [1.54, 1.807) is 24.3 Å². The summed E-state index contributed by atoms with van der Waals surface area (Å²) in [4.78, 5) is 0. The van der Waals surface area contributed by atoms with Crippen LogP contribution in [0.1, 0.15) is 0 Å². The molecule has 0 atom stereocenters. The van der Waals surface area contributed by atoms with Crippen molar-refractivity contribution in [1.82, 2.24) is 0 Å². The van der Waals surface area contributed by atoms with Gasteiger partial charge in [-0.2, -0.15) is 16.8 Å². The lowest BCUT2D eigenvalue weighted by Gasteiger charge is -1.90. The molecule has 1 aromatic rings. The largest absolute Gasteiger partial charge is 0.413 e. The first-order valence-electron chi connectivity index (χ1n) is 3.76. The van der Waals surface area contributed by atoms with Crippen molar-refractivity contribution in [2.24, 2.45) is 0 Å². The maximum atomic E-state index is 9.44. The van der Waals surface area contributed by atoms with Gasteiger partial charge < -0.3 is 11.5 Å². The van der Waals surface area contributed by atoms with Gasteiger partial charge in [0, 0.05) is 11.4 Å². The standard InChI is InChI=1S/C6H8N2.H2O7S2/c7-5-1-2-6(8)4-3-5;1-8(2,3)7-9(4,5)6/h1-4H,7-8H2;(H,1,2,3)(H,4,5,6). The maximum absolute atomic E-state index is 9.44. The van der Waals surface area contributed by atoms with Crippen LogP contribution in [0.15, 0.2) is 24.3 Å². The highest BCUT2D eigenvalue weighted by Gasteiger charge is 2.15. The Bertz CT molecular complexity index is 498. The van der Waals surface area contributed by atoms with Crippen molar-refractivity contribution in [3.8, 4) is 0 Å². The summed E-state index contributed by atoms with van der Waals surface area (Å²) in [5, 5.41) is 0. The predicted octanol–water partition coefficient (Wildman–Crippen LogP) is -0.540. The van der Waals surface area contributed by atoms with Gasteiger partial charge in [0.1, 0.15) is 0 Å². The zero-order chi connectivity index (χ0) is 13.7. The molecule has 1 aromatic carbocycles. The van der Waals surface area contributed by atoms with E-state index in [4.69, 9.17) is 20.6 Å². The van der Waals surface area contributed by atoms with Gasteiger partial charge in [0.2, 0.25) is 0 Å². The van der Waals surface area contributed by atoms with E-state index in [0.29, 0.717) is 0 Å². The molecular weight excluding hydrogens is 276 g/mol. The Morgan fingerprint density at radius 3 is 1.18 bits per heavy atom. The van der Waals surface area contributed by atoms with E-state index >= 15 is 0 Å². The third kappa shape index (κ3) is 10.9. The first-order chi connectivity index (χ1) is 7.49. The number of benzene rings is 1. The van der Waals surface area contributed by atoms with Gasteiger partial charge in [0.25, 0.3) is 0 Å². The Kier molecular flexibility index (Phi) is 5.31. The van der Waals surface area contributed by atoms with E-state index in [9.17, 15) is 16.8 Å². The Hall–Kier alpha value is -1.40. The predicted molar refractivity (Wildman–Crippen MR) is 59.4 cm³/mol. The van der Waals surface area contributed by atoms with Gasteiger partial charge in [-0.05, 0) is 24.3 Å². The molecule has 11 heteroatoms. The summed E-state index contributed by atoms with van der Waals surface area (Å²) in [5.41, 5.74) is 12.2. The Morgan fingerprint density at radius 2 is 1.06 bits per heavy atom. The minimum absolute atomic E-state index is 0.749. The number of nitrogens with two attached hydrogens (primary N) is 2. The number of anilines is 2. The average Bonchev–Trinajstić information content (AvgIpc) is 2.04. The molecule has 6 N–H and O–H groups in total. The van der Waals surface area contributed by atoms with E-state index in [1.165, 1.54) is 0 Å². The molecule has 0 aliphatic carbocycles. The molecule has 0 saturated carbocycles. The molecule has 17 heavy (non-hydrogen) atoms. The molecule has 0 fully saturated rings. The van der Waals surface area contributed by atoms with Gasteiger partial charge in [0.15, 0.2) is 0 Å². The number of hydrogen-bond acceptors (Lipinski definition) is 7. The minimum Gasteiger partial charge on any atom is -0.399 e. The molecule has 0 spiro atoms. The van der Waals surface area contributed by atoms with Crippen LogP contribution < -0.4 is 11.5 Å². The lowest BCUT2D eigenvalue weighted by Crippen LogP contribution is -2.10. The molecule has 0 aliphatic rings. The van der Waals surface area contributed by atoms with Crippen molar-refractivity contribution >= 4 is 32.2 Å². The highest BCUT2D eigenvalue weighted by molar-refractivity contribution is 7.94. The SMILES string of the molecule is Nc1ccc(N)cc1.O=S(=O)(O)OS(=O)(=O)O. The summed E-state index contributed by atoms with van der Waals surface area (Å²) in [5.74, 6) is 0. The molecule has 0 heterocycles. The van der Waals surface area contributed by atoms with Crippen molar-refractivity contribution in [2.45, 2.75) is 0 Å². The monoisotopic (exact) mass is 286 g/mol. The Labute approximate surface area is 97.9 Å². The average molecular weight is 286 g/mol. The van der Waals surface area contributed by atoms with Crippen LogP contribution in [0.5, 0.6) is 0 Å². The lowest BCUT2D eigenvalue weighted by molar-refractivity contribution is 0.344. The summed E-state index contributed by atoms with van der Waals surface area (Å²) in [6, 6.07) is 7.09. The molecule has 0 aliphatic heterocycles. The molecule has 98 valence electrons. The molecule has 0 bridgehead atoms. The van der Waals surface area contributed by atoms with Crippen LogP contribution >= 0.6 is 0 Å². The lowest BCUT2D eigenvalue weighted by atomic mass is 10.3. The fourth-order valence-electron chi connectivity index (χ4n) is 0.605. The third-order valence-electron chi connectivity index (χ3n) is 1.11. The first-order valence-corrected chi connectivity index (χ1v) is 6.49. The van der Waals surface area contributed by atoms with E-state index in [0.717, 1.165) is 11.4 Å². The van der Waals surface area contributed by atoms with Gasteiger partial charge in [-0.1, -0.05) is 0 Å². The smallest absolute Gasteiger partial charge is 0.399 e. The molecule has 1 rings (SSSR count). The van der Waals surface area contributed by atoms with Crippen LogP contribution in [-0.2, 0) is 24.4 Å². The van der Waals surface area contributed by atoms with E-state index in [1.807, 2.05) is 0 Å². The zero-order valence-electron chi connectivity index (χ0n) is 8.22. The number of rotatable bonds is 2. The van der Waals surface area contributed by atoms with Crippen LogP contribution in [0.4, 0.5) is 11.4 Å². The molecule has 0 unspecified atom stereocenters. The summed E-state index contributed by atoms with van der Waals surface area (Å²) in [7, 11) is -10.2. The summed E-state index contributed by atoms with van der Waals surface area (Å²) in [6.45, 7) is 0. The molecular formula is C6H10N2O7S2. The van der Waals surface area contributed by atoms with Crippen LogP contribution in [-0.4, -0.2) is 25.9 Å². The molecule has 0 saturated heterocycles. The number of hydrogen-bond donors (Lipinski definition) is 4. The van der Waals surface area contributed by atoms with Gasteiger partial charge >= 0.3 is 20.8 Å². The van der Waals surface area contributed by atoms with Gasteiger partial charge in [-0.15, -0.1) is 3.63 Å². The Balaban J connectivity index is 0.000000302. The van der Waals surface area contributed by atoms with Gasteiger partial charge in [-0.3, -0.25) is 9.11 Å². The second kappa shape index (κ2) is 5.79. The van der Waals surface area contributed by atoms with Crippen LogP contribution in [0.25, 0.3) is 0 Å². The number of nitrogen functional groups attached to an aromatic ring is 2. The summed E-state index contributed by atoms with van der Waals surface area (Å²) >= 11 is 0. The Morgan fingerprint density at radius 1 is 0.824 bits per heavy atom. The van der Waals surface area contributed by atoms with Crippen LogP contribution in [0, 0.1) is 0 Å². The van der Waals surface area contributed by atoms with Crippen LogP contribution in [0.3, 0.4) is 0 Å². The topological polar surface area (TPSA) is 170 Å². The maximum Gasteiger partial charge on any atom is 0.413 e. The summed E-state index contributed by atoms with van der Waals surface area (Å²) < 4.78 is 55.6. The van der Waals surface area contributed by atoms with Gasteiger partial charge in [-0.25, -0.2) is 0 Å². The quantitative estimate of drug-likeness (QED) is 0.411.